The van der Waals surface area contributed by atoms with Crippen molar-refractivity contribution in [3.63, 3.8) is 0 Å². The lowest BCUT2D eigenvalue weighted by Gasteiger charge is -2.26. The maximum atomic E-state index is 13.1. The first-order valence-electron chi connectivity index (χ1n) is 14.2. The van der Waals surface area contributed by atoms with E-state index in [9.17, 15) is 19.2 Å². The molecule has 3 amide bonds. The second kappa shape index (κ2) is 18.1. The number of aromatic nitrogens is 2. The Morgan fingerprint density at radius 2 is 1.67 bits per heavy atom. The third kappa shape index (κ3) is 12.8. The number of amides is 3. The summed E-state index contributed by atoms with van der Waals surface area (Å²) in [4.78, 5) is 54.1. The number of nitrogens with one attached hydrogen (secondary N) is 2. The Kier molecular flexibility index (Phi) is 15.3. The molecule has 3 rings (SSSR count). The Balaban J connectivity index is 0.000000700. The highest BCUT2D eigenvalue weighted by atomic mass is 35.5. The van der Waals surface area contributed by atoms with Crippen LogP contribution in [0.15, 0.2) is 53.3 Å². The quantitative estimate of drug-likeness (QED) is 0.206. The van der Waals surface area contributed by atoms with Crippen molar-refractivity contribution in [1.82, 2.24) is 20.8 Å². The first kappa shape index (κ1) is 38.8. The molecular weight excluding hydrogens is 680 g/mol. The van der Waals surface area contributed by atoms with Crippen LogP contribution in [0.2, 0.25) is 10.0 Å². The first-order valence-corrected chi connectivity index (χ1v) is 15.8. The molecule has 46 heavy (non-hydrogen) atoms. The van der Waals surface area contributed by atoms with Gasteiger partial charge in [-0.1, -0.05) is 71.5 Å². The second-order valence-electron chi connectivity index (χ2n) is 11.3. The molecular formula is C31H37Cl4N5O6. The number of carbonyl (C=O) groups is 4. The molecule has 0 saturated carbocycles. The number of rotatable bonds is 11. The molecule has 1 aromatic carbocycles. The molecule has 0 aliphatic rings. The van der Waals surface area contributed by atoms with Crippen molar-refractivity contribution >= 4 is 75.8 Å². The van der Waals surface area contributed by atoms with Crippen LogP contribution in [-0.4, -0.2) is 63.4 Å². The van der Waals surface area contributed by atoms with Gasteiger partial charge in [0.2, 0.25) is 5.91 Å². The van der Waals surface area contributed by atoms with E-state index in [2.05, 4.69) is 20.8 Å². The van der Waals surface area contributed by atoms with Gasteiger partial charge in [0.25, 0.3) is 5.91 Å². The predicted octanol–water partition coefficient (Wildman–Crippen LogP) is 6.80. The Morgan fingerprint density at radius 3 is 2.20 bits per heavy atom. The van der Waals surface area contributed by atoms with Crippen LogP contribution in [0.1, 0.15) is 46.6 Å². The maximum absolute atomic E-state index is 13.1. The van der Waals surface area contributed by atoms with Gasteiger partial charge in [-0.15, -0.1) is 0 Å². The van der Waals surface area contributed by atoms with Crippen molar-refractivity contribution in [1.29, 1.82) is 0 Å². The zero-order valence-electron chi connectivity index (χ0n) is 26.3. The number of carbonyl (C=O) groups excluding carboxylic acids is 4. The summed E-state index contributed by atoms with van der Waals surface area (Å²) < 4.78 is 10.2. The summed E-state index contributed by atoms with van der Waals surface area (Å²) in [6.45, 7) is 10.1. The van der Waals surface area contributed by atoms with E-state index in [0.717, 1.165) is 15.6 Å². The van der Waals surface area contributed by atoms with Crippen molar-refractivity contribution in [3.8, 4) is 11.5 Å². The minimum atomic E-state index is -1.36. The van der Waals surface area contributed by atoms with Crippen molar-refractivity contribution < 1.29 is 28.4 Å². The van der Waals surface area contributed by atoms with Gasteiger partial charge in [0.1, 0.15) is 17.8 Å². The van der Waals surface area contributed by atoms with Gasteiger partial charge in [-0.25, -0.2) is 4.79 Å². The van der Waals surface area contributed by atoms with Gasteiger partial charge < -0.3 is 24.8 Å². The molecule has 0 radical (unpaired) electrons. The Morgan fingerprint density at radius 1 is 1.02 bits per heavy atom. The molecule has 0 aliphatic heterocycles. The number of Topliss-reactive ketones (excluding diaryl/α,β-unsaturated/α-hetero) is 1. The fraction of sp³-hybridized carbons (Fsp3) is 0.419. The van der Waals surface area contributed by atoms with Gasteiger partial charge in [-0.3, -0.25) is 19.4 Å². The highest BCUT2D eigenvalue weighted by molar-refractivity contribution is 6.54. The number of ketones is 1. The average Bonchev–Trinajstić information content (AvgIpc) is 3.52. The number of alkyl carbamates (subject to hydrolysis) is 1. The van der Waals surface area contributed by atoms with Gasteiger partial charge in [0, 0.05) is 41.0 Å². The lowest BCUT2D eigenvalue weighted by Crippen LogP contribution is -2.49. The van der Waals surface area contributed by atoms with Crippen LogP contribution in [0.25, 0.3) is 11.5 Å². The zero-order chi connectivity index (χ0) is 34.6. The first-order chi connectivity index (χ1) is 21.5. The number of alkyl halides is 2. The molecule has 0 fully saturated rings. The Labute approximate surface area is 288 Å². The van der Waals surface area contributed by atoms with E-state index in [1.807, 2.05) is 25.1 Å². The molecule has 11 nitrogen and oxygen atoms in total. The van der Waals surface area contributed by atoms with E-state index in [1.165, 1.54) is 17.3 Å². The van der Waals surface area contributed by atoms with E-state index in [-0.39, 0.29) is 31.2 Å². The lowest BCUT2D eigenvalue weighted by molar-refractivity contribution is -0.128. The normalized spacial score (nSPS) is 11.7. The van der Waals surface area contributed by atoms with Crippen LogP contribution >= 0.6 is 46.4 Å². The lowest BCUT2D eigenvalue weighted by atomic mass is 9.97. The summed E-state index contributed by atoms with van der Waals surface area (Å²) in [5.41, 5.74) is 1.05. The highest BCUT2D eigenvalue weighted by Crippen LogP contribution is 2.25. The van der Waals surface area contributed by atoms with Crippen molar-refractivity contribution in [2.45, 2.75) is 64.4 Å². The van der Waals surface area contributed by atoms with Gasteiger partial charge in [-0.2, -0.15) is 0 Å². The number of hydrogen-bond donors (Lipinski definition) is 2. The molecule has 0 spiro atoms. The van der Waals surface area contributed by atoms with Gasteiger partial charge >= 0.3 is 6.09 Å². The molecule has 1 unspecified atom stereocenters. The van der Waals surface area contributed by atoms with E-state index >= 15 is 0 Å². The molecule has 2 heterocycles. The minimum Gasteiger partial charge on any atom is -0.444 e. The number of hydrogen-bond acceptors (Lipinski definition) is 8. The van der Waals surface area contributed by atoms with Crippen molar-refractivity contribution in [3.05, 3.63) is 64.4 Å². The van der Waals surface area contributed by atoms with Crippen molar-refractivity contribution in [2.75, 3.05) is 18.0 Å². The van der Waals surface area contributed by atoms with E-state index in [4.69, 9.17) is 55.7 Å². The largest absolute Gasteiger partial charge is 0.444 e. The average molecular weight is 717 g/mol. The summed E-state index contributed by atoms with van der Waals surface area (Å²) in [5.74, 6) is -1.37. The Hall–Kier alpha value is -3.38. The number of halogens is 4. The molecule has 0 bridgehead atoms. The molecule has 2 N–H and O–H groups in total. The molecule has 0 saturated heterocycles. The fourth-order valence-corrected chi connectivity index (χ4v) is 4.46. The molecule has 15 heteroatoms. The van der Waals surface area contributed by atoms with E-state index in [1.54, 1.807) is 52.8 Å². The Bertz CT molecular complexity index is 1460. The third-order valence-corrected chi connectivity index (χ3v) is 7.30. The molecule has 0 aliphatic carbocycles. The summed E-state index contributed by atoms with van der Waals surface area (Å²) in [6, 6.07) is 9.39. The number of ether oxygens (including phenoxy) is 1. The number of nitrogens with zero attached hydrogens (tertiary/aromatic N) is 3. The molecule has 2 aromatic heterocycles. The van der Waals surface area contributed by atoms with Crippen LogP contribution in [0, 0.1) is 12.8 Å². The van der Waals surface area contributed by atoms with Gasteiger partial charge in [0.05, 0.1) is 12.2 Å². The summed E-state index contributed by atoms with van der Waals surface area (Å²) >= 11 is 23.2. The number of benzene rings is 1. The number of anilines is 1. The fourth-order valence-electron chi connectivity index (χ4n) is 3.82. The summed E-state index contributed by atoms with van der Waals surface area (Å²) in [5, 5.41) is 10.1. The van der Waals surface area contributed by atoms with E-state index < -0.39 is 34.4 Å². The van der Waals surface area contributed by atoms with Crippen LogP contribution in [0.3, 0.4) is 0 Å². The summed E-state index contributed by atoms with van der Waals surface area (Å²) in [7, 11) is 0. The maximum Gasteiger partial charge on any atom is 0.408 e. The minimum absolute atomic E-state index is 0.0529. The third-order valence-electron chi connectivity index (χ3n) is 6.10. The molecule has 1 atom stereocenters. The van der Waals surface area contributed by atoms with Gasteiger partial charge in [-0.05, 0) is 63.4 Å². The van der Waals surface area contributed by atoms with Crippen LogP contribution in [0.4, 0.5) is 10.5 Å². The monoisotopic (exact) mass is 715 g/mol. The van der Waals surface area contributed by atoms with Crippen LogP contribution < -0.4 is 15.5 Å². The van der Waals surface area contributed by atoms with Crippen LogP contribution in [0.5, 0.6) is 0 Å². The zero-order valence-corrected chi connectivity index (χ0v) is 29.3. The second-order valence-corrected chi connectivity index (χ2v) is 13.2. The predicted molar refractivity (Wildman–Crippen MR) is 179 cm³/mol. The summed E-state index contributed by atoms with van der Waals surface area (Å²) in [6.07, 6.45) is 2.08. The smallest absolute Gasteiger partial charge is 0.408 e. The van der Waals surface area contributed by atoms with Crippen molar-refractivity contribution in [2.24, 2.45) is 5.92 Å². The van der Waals surface area contributed by atoms with E-state index in [0.29, 0.717) is 17.1 Å². The molecule has 3 aromatic rings. The SMILES string of the molecule is CC(C)C(NC(=O)CNC(=O)OC(C)(C)C)C(=O)CCN(C(=O)C(Cl)Cl)c1ccnc(-c2ccno2)c1.Cc1c(Cl)cccc1Cl. The van der Waals surface area contributed by atoms with Gasteiger partial charge in [0.15, 0.2) is 16.4 Å². The standard InChI is InChI=1S/C24H31Cl2N5O6.C7H6Cl2/c1-14(2)20(30-19(33)13-28-23(35)36-24(3,4)5)17(32)8-11-31(22(34)21(25)26)15-6-9-27-16(12-15)18-7-10-29-37-18;1-5-6(8)3-2-4-7(5)9/h6-7,9-10,12,14,20-21H,8,11,13H2,1-5H3,(H,28,35)(H,30,33);2-4H,1H3. The molecule has 250 valence electrons. The highest BCUT2D eigenvalue weighted by Gasteiger charge is 2.28. The van der Waals surface area contributed by atoms with Crippen LogP contribution in [-0.2, 0) is 19.1 Å². The number of pyridine rings is 1. The topological polar surface area (TPSA) is 144 Å².